The van der Waals surface area contributed by atoms with Crippen LogP contribution in [-0.4, -0.2) is 48.5 Å². The van der Waals surface area contributed by atoms with Gasteiger partial charge in [-0.25, -0.2) is 22.8 Å². The van der Waals surface area contributed by atoms with Crippen LogP contribution in [0.15, 0.2) is 59.9 Å². The van der Waals surface area contributed by atoms with Gasteiger partial charge in [-0.1, -0.05) is 29.8 Å². The number of anilines is 1. The Morgan fingerprint density at radius 2 is 1.85 bits per heavy atom. The molecule has 1 aromatic heterocycles. The summed E-state index contributed by atoms with van der Waals surface area (Å²) in [6, 6.07) is 8.59. The lowest BCUT2D eigenvalue weighted by atomic mass is 9.79. The van der Waals surface area contributed by atoms with Gasteiger partial charge in [0, 0.05) is 18.3 Å². The van der Waals surface area contributed by atoms with Crippen molar-refractivity contribution in [1.82, 2.24) is 14.9 Å². The molecule has 0 bridgehead atoms. The highest BCUT2D eigenvalue weighted by Crippen LogP contribution is 2.41. The molecular weight excluding hydrogens is 572 g/mol. The number of alkyl halides is 3. The van der Waals surface area contributed by atoms with Crippen molar-refractivity contribution in [2.75, 3.05) is 17.8 Å². The van der Waals surface area contributed by atoms with Crippen molar-refractivity contribution in [2.24, 2.45) is 0 Å². The number of benzene rings is 2. The van der Waals surface area contributed by atoms with Crippen molar-refractivity contribution in [3.8, 4) is 5.75 Å². The van der Waals surface area contributed by atoms with E-state index in [9.17, 15) is 21.6 Å². The van der Waals surface area contributed by atoms with Crippen LogP contribution in [0.1, 0.15) is 49.1 Å². The van der Waals surface area contributed by atoms with Gasteiger partial charge in [0.1, 0.15) is 34.7 Å². The number of nitrogens with one attached hydrogen (secondary N) is 1. The Bertz CT molecular complexity index is 1450. The first-order valence-electron chi connectivity index (χ1n) is 12.9. The monoisotopic (exact) mass is 598 g/mol. The smallest absolute Gasteiger partial charge is 0.416 e. The summed E-state index contributed by atoms with van der Waals surface area (Å²) in [4.78, 5) is 9.10. The lowest BCUT2D eigenvalue weighted by Gasteiger charge is -2.41. The molecule has 1 aliphatic carbocycles. The topological polar surface area (TPSA) is 84.4 Å². The second-order valence-corrected chi connectivity index (χ2v) is 12.1. The molecule has 5 rings (SSSR count). The molecule has 2 fully saturated rings. The highest BCUT2D eigenvalue weighted by atomic mass is 35.5. The van der Waals surface area contributed by atoms with Crippen molar-refractivity contribution in [3.63, 3.8) is 0 Å². The lowest BCUT2D eigenvalue weighted by molar-refractivity contribution is -0.137. The number of hydrogen-bond acceptors (Lipinski definition) is 6. The molecule has 2 aliphatic rings. The number of ether oxygens (including phenoxy) is 1. The average Bonchev–Trinajstić information content (AvgIpc) is 3.45. The van der Waals surface area contributed by atoms with Crippen molar-refractivity contribution >= 4 is 27.4 Å². The summed E-state index contributed by atoms with van der Waals surface area (Å²) in [5.74, 6) is -1.17. The van der Waals surface area contributed by atoms with Crippen molar-refractivity contribution in [3.05, 3.63) is 77.0 Å². The molecule has 1 saturated carbocycles. The minimum Gasteiger partial charge on any atom is -0.487 e. The van der Waals surface area contributed by atoms with Gasteiger partial charge >= 0.3 is 6.18 Å². The first-order valence-corrected chi connectivity index (χ1v) is 14.7. The Kier molecular flexibility index (Phi) is 8.21. The van der Waals surface area contributed by atoms with Crippen LogP contribution in [0.4, 0.5) is 23.4 Å². The van der Waals surface area contributed by atoms with Crippen molar-refractivity contribution < 1.29 is 30.7 Å². The summed E-state index contributed by atoms with van der Waals surface area (Å²) in [6.45, 7) is 1.65. The van der Waals surface area contributed by atoms with Gasteiger partial charge in [-0.05, 0) is 74.9 Å². The van der Waals surface area contributed by atoms with E-state index in [-0.39, 0.29) is 28.5 Å². The maximum Gasteiger partial charge on any atom is 0.416 e. The van der Waals surface area contributed by atoms with E-state index in [1.165, 1.54) is 24.4 Å². The van der Waals surface area contributed by atoms with Crippen LogP contribution in [0.5, 0.6) is 5.75 Å². The summed E-state index contributed by atoms with van der Waals surface area (Å²) in [6.07, 6.45) is 1.31. The molecule has 1 N–H and O–H groups in total. The molecule has 2 heterocycles. The van der Waals surface area contributed by atoms with Crippen LogP contribution in [-0.2, 0) is 16.2 Å². The zero-order valence-electron chi connectivity index (χ0n) is 21.2. The number of sulfonamides is 1. The minimum absolute atomic E-state index is 0.00636. The Morgan fingerprint density at radius 1 is 1.07 bits per heavy atom. The number of nitrogens with zero attached hydrogens (tertiary/aromatic N) is 3. The standard InChI is InChI=1S/C27H27ClF4N4O3S/c28-20-14-25(40(37,38)35-26-8-9-33-16-34-26)21(29)15-24(20)39-23-7-6-18(13-22(23)36-10-1-2-11-36)17-4-3-5-19(12-17)27(30,31)32/h3-5,8-9,12,14-16,18,22-23H,1-2,6-7,10-11,13H2,(H,33,34,35)/t18-,22-,23-/m0/s1. The lowest BCUT2D eigenvalue weighted by Crippen LogP contribution is -2.48. The van der Waals surface area contributed by atoms with Crippen molar-refractivity contribution in [2.45, 2.75) is 61.2 Å². The van der Waals surface area contributed by atoms with Gasteiger partial charge in [0.05, 0.1) is 10.6 Å². The SMILES string of the molecule is O=S(=O)(Nc1ccncn1)c1cc(Cl)c(O[C@H]2CC[C@H](c3cccc(C(F)(F)F)c3)C[C@@H]2N2CCCC2)cc1F. The molecule has 40 heavy (non-hydrogen) atoms. The Balaban J connectivity index is 1.36. The largest absolute Gasteiger partial charge is 0.487 e. The maximum atomic E-state index is 15.1. The van der Waals surface area contributed by atoms with E-state index in [0.29, 0.717) is 24.8 Å². The van der Waals surface area contributed by atoms with E-state index in [1.54, 1.807) is 6.07 Å². The van der Waals surface area contributed by atoms with E-state index in [1.807, 2.05) is 0 Å². The fraction of sp³-hybridized carbons (Fsp3) is 0.407. The average molecular weight is 599 g/mol. The van der Waals surface area contributed by atoms with Crippen LogP contribution in [0, 0.1) is 5.82 Å². The molecule has 13 heteroatoms. The summed E-state index contributed by atoms with van der Waals surface area (Å²) in [5.41, 5.74) is -0.0418. The number of hydrogen-bond donors (Lipinski definition) is 1. The first kappa shape index (κ1) is 28.6. The quantitative estimate of drug-likeness (QED) is 0.323. The molecule has 0 spiro atoms. The predicted molar refractivity (Wildman–Crippen MR) is 141 cm³/mol. The number of rotatable bonds is 7. The minimum atomic E-state index is -4.42. The van der Waals surface area contributed by atoms with Gasteiger partial charge in [0.25, 0.3) is 10.0 Å². The van der Waals surface area contributed by atoms with E-state index in [4.69, 9.17) is 16.3 Å². The molecule has 1 saturated heterocycles. The van der Waals surface area contributed by atoms with Gasteiger partial charge < -0.3 is 4.74 Å². The maximum absolute atomic E-state index is 15.1. The van der Waals surface area contributed by atoms with Gasteiger partial charge in [-0.2, -0.15) is 13.2 Å². The third-order valence-corrected chi connectivity index (χ3v) is 9.09. The summed E-state index contributed by atoms with van der Waals surface area (Å²) in [5, 5.41) is -0.0790. The van der Waals surface area contributed by atoms with Crippen LogP contribution in [0.25, 0.3) is 0 Å². The fourth-order valence-electron chi connectivity index (χ4n) is 5.50. The Hall–Kier alpha value is -2.96. The second kappa shape index (κ2) is 11.5. The van der Waals surface area contributed by atoms with E-state index in [2.05, 4.69) is 19.6 Å². The van der Waals surface area contributed by atoms with Gasteiger partial charge in [0.2, 0.25) is 0 Å². The molecule has 0 radical (unpaired) electrons. The molecule has 3 atom stereocenters. The van der Waals surface area contributed by atoms with E-state index < -0.39 is 38.6 Å². The van der Waals surface area contributed by atoms with E-state index in [0.717, 1.165) is 50.5 Å². The van der Waals surface area contributed by atoms with Crippen LogP contribution in [0.2, 0.25) is 5.02 Å². The zero-order valence-corrected chi connectivity index (χ0v) is 22.8. The summed E-state index contributed by atoms with van der Waals surface area (Å²) >= 11 is 6.39. The Labute approximate surface area is 234 Å². The number of likely N-dealkylation sites (tertiary alicyclic amines) is 1. The van der Waals surface area contributed by atoms with Crippen molar-refractivity contribution in [1.29, 1.82) is 0 Å². The fourth-order valence-corrected chi connectivity index (χ4v) is 6.87. The van der Waals surface area contributed by atoms with Gasteiger partial charge in [-0.3, -0.25) is 9.62 Å². The van der Waals surface area contributed by atoms with Crippen LogP contribution < -0.4 is 9.46 Å². The third-order valence-electron chi connectivity index (χ3n) is 7.43. The molecule has 0 unspecified atom stereocenters. The molecular formula is C27H27ClF4N4O3S. The molecule has 7 nitrogen and oxygen atoms in total. The third kappa shape index (κ3) is 6.34. The second-order valence-electron chi connectivity index (χ2n) is 10.0. The Morgan fingerprint density at radius 3 is 2.55 bits per heavy atom. The predicted octanol–water partition coefficient (Wildman–Crippen LogP) is 6.27. The molecule has 2 aromatic carbocycles. The highest BCUT2D eigenvalue weighted by molar-refractivity contribution is 7.92. The first-order chi connectivity index (χ1) is 19.0. The summed E-state index contributed by atoms with van der Waals surface area (Å²) in [7, 11) is -4.34. The van der Waals surface area contributed by atoms with Crippen LogP contribution in [0.3, 0.4) is 0 Å². The zero-order chi connectivity index (χ0) is 28.5. The van der Waals surface area contributed by atoms with Gasteiger partial charge in [0.15, 0.2) is 0 Å². The van der Waals surface area contributed by atoms with E-state index >= 15 is 4.39 Å². The molecule has 1 aliphatic heterocycles. The van der Waals surface area contributed by atoms with Gasteiger partial charge in [-0.15, -0.1) is 0 Å². The normalized spacial score (nSPS) is 22.3. The molecule has 3 aromatic rings. The number of halogens is 5. The molecule has 0 amide bonds. The summed E-state index contributed by atoms with van der Waals surface area (Å²) < 4.78 is 89.0. The number of aromatic nitrogens is 2. The highest BCUT2D eigenvalue weighted by Gasteiger charge is 2.39. The molecule has 214 valence electrons. The van der Waals surface area contributed by atoms with Crippen LogP contribution >= 0.6 is 11.6 Å².